The molecule has 1 aromatic heterocycles. The van der Waals surface area contributed by atoms with Crippen LogP contribution in [-0.2, 0) is 4.79 Å². The van der Waals surface area contributed by atoms with Crippen LogP contribution in [0.2, 0.25) is 0 Å². The van der Waals surface area contributed by atoms with Crippen LogP contribution in [0.4, 0.5) is 5.69 Å². The van der Waals surface area contributed by atoms with Crippen molar-refractivity contribution in [1.82, 2.24) is 10.2 Å². The molecular weight excluding hydrogens is 334 g/mol. The maximum absolute atomic E-state index is 12.5. The first kappa shape index (κ1) is 17.3. The number of thioether (sulfide) groups is 2. The molecule has 0 aliphatic rings. The zero-order chi connectivity index (χ0) is 16.1. The second-order valence-corrected chi connectivity index (χ2v) is 9.38. The maximum Gasteiger partial charge on any atom is 0.240 e. The number of rotatable bonds is 6. The Labute approximate surface area is 143 Å². The molecule has 2 aromatic rings. The van der Waals surface area contributed by atoms with Gasteiger partial charge in [0.05, 0.1) is 5.25 Å². The van der Waals surface area contributed by atoms with Crippen LogP contribution < -0.4 is 4.90 Å². The number of carbonyl (C=O) groups excluding carboxylic acids is 1. The number of benzene rings is 1. The maximum atomic E-state index is 12.5. The van der Waals surface area contributed by atoms with Gasteiger partial charge in [0.2, 0.25) is 5.91 Å². The lowest BCUT2D eigenvalue weighted by Gasteiger charge is -2.20. The molecule has 118 valence electrons. The molecule has 4 nitrogen and oxygen atoms in total. The Kier molecular flexibility index (Phi) is 6.28. The lowest BCUT2D eigenvalue weighted by Crippen LogP contribution is -2.33. The number of aromatic nitrogens is 2. The van der Waals surface area contributed by atoms with E-state index >= 15 is 0 Å². The molecule has 0 aliphatic heterocycles. The normalized spacial score (nSPS) is 12.4. The predicted molar refractivity (Wildman–Crippen MR) is 96.1 cm³/mol. The van der Waals surface area contributed by atoms with Gasteiger partial charge in [-0.25, -0.2) is 0 Å². The Bertz CT molecular complexity index is 616. The highest BCUT2D eigenvalue weighted by atomic mass is 32.2. The van der Waals surface area contributed by atoms with E-state index in [0.29, 0.717) is 5.25 Å². The van der Waals surface area contributed by atoms with Crippen LogP contribution in [0, 0.1) is 0 Å². The number of carbonyl (C=O) groups is 1. The molecule has 0 aliphatic carbocycles. The van der Waals surface area contributed by atoms with E-state index in [4.69, 9.17) is 0 Å². The van der Waals surface area contributed by atoms with Crippen molar-refractivity contribution in [2.45, 2.75) is 40.0 Å². The summed E-state index contributed by atoms with van der Waals surface area (Å²) >= 11 is 4.70. The Hall–Kier alpha value is -1.05. The van der Waals surface area contributed by atoms with E-state index in [1.807, 2.05) is 37.3 Å². The lowest BCUT2D eigenvalue weighted by atomic mass is 10.3. The Morgan fingerprint density at radius 3 is 2.27 bits per heavy atom. The average molecular weight is 354 g/mol. The summed E-state index contributed by atoms with van der Waals surface area (Å²) in [6.07, 6.45) is 0. The summed E-state index contributed by atoms with van der Waals surface area (Å²) < 4.78 is 1.79. The number of anilines is 1. The van der Waals surface area contributed by atoms with E-state index in [1.165, 1.54) is 11.8 Å². The van der Waals surface area contributed by atoms with Crippen molar-refractivity contribution >= 4 is 46.5 Å². The minimum atomic E-state index is -0.199. The van der Waals surface area contributed by atoms with Gasteiger partial charge in [0.25, 0.3) is 0 Å². The molecule has 1 aromatic carbocycles. The molecule has 7 heteroatoms. The summed E-state index contributed by atoms with van der Waals surface area (Å²) in [6.45, 7) is 6.16. The number of para-hydroxylation sites is 1. The SMILES string of the molecule is CC(C)Sc1nnc(S[C@@H](C)C(=O)N(C)c2ccccc2)s1. The third-order valence-corrected chi connectivity index (χ3v) is 6.01. The first-order valence-electron chi connectivity index (χ1n) is 6.97. The van der Waals surface area contributed by atoms with Gasteiger partial charge >= 0.3 is 0 Å². The molecule has 0 saturated heterocycles. The van der Waals surface area contributed by atoms with Crippen molar-refractivity contribution < 1.29 is 4.79 Å². The van der Waals surface area contributed by atoms with Crippen LogP contribution in [0.25, 0.3) is 0 Å². The zero-order valence-corrected chi connectivity index (χ0v) is 15.5. The summed E-state index contributed by atoms with van der Waals surface area (Å²) in [6, 6.07) is 9.65. The van der Waals surface area contributed by atoms with Gasteiger partial charge in [-0.2, -0.15) is 0 Å². The first-order valence-corrected chi connectivity index (χ1v) is 9.54. The Morgan fingerprint density at radius 2 is 1.68 bits per heavy atom. The fraction of sp³-hybridized carbons (Fsp3) is 0.400. The lowest BCUT2D eigenvalue weighted by molar-refractivity contribution is -0.117. The summed E-state index contributed by atoms with van der Waals surface area (Å²) in [7, 11) is 1.80. The zero-order valence-electron chi connectivity index (χ0n) is 13.0. The van der Waals surface area contributed by atoms with Gasteiger partial charge in [-0.15, -0.1) is 10.2 Å². The molecule has 0 radical (unpaired) electrons. The third kappa shape index (κ3) is 4.72. The van der Waals surface area contributed by atoms with Crippen molar-refractivity contribution in [2.75, 3.05) is 11.9 Å². The van der Waals surface area contributed by atoms with Crippen molar-refractivity contribution in [3.05, 3.63) is 30.3 Å². The summed E-state index contributed by atoms with van der Waals surface area (Å²) in [5.74, 6) is 0.0597. The van der Waals surface area contributed by atoms with Gasteiger partial charge in [0.15, 0.2) is 8.68 Å². The fourth-order valence-corrected chi connectivity index (χ4v) is 5.23. The minimum absolute atomic E-state index is 0.0597. The van der Waals surface area contributed by atoms with E-state index < -0.39 is 0 Å². The summed E-state index contributed by atoms with van der Waals surface area (Å²) in [5.41, 5.74) is 0.897. The molecule has 2 rings (SSSR count). The van der Waals surface area contributed by atoms with Gasteiger partial charge in [-0.1, -0.05) is 66.9 Å². The quantitative estimate of drug-likeness (QED) is 0.729. The van der Waals surface area contributed by atoms with Gasteiger partial charge < -0.3 is 4.90 Å². The van der Waals surface area contributed by atoms with Crippen LogP contribution >= 0.6 is 34.9 Å². The smallest absolute Gasteiger partial charge is 0.240 e. The molecular formula is C15H19N3OS3. The predicted octanol–water partition coefficient (Wildman–Crippen LogP) is 4.18. The molecule has 0 unspecified atom stereocenters. The van der Waals surface area contributed by atoms with Crippen LogP contribution in [0.5, 0.6) is 0 Å². The van der Waals surface area contributed by atoms with Gasteiger partial charge in [-0.3, -0.25) is 4.79 Å². The van der Waals surface area contributed by atoms with E-state index in [0.717, 1.165) is 14.4 Å². The molecule has 22 heavy (non-hydrogen) atoms. The second-order valence-electron chi connectivity index (χ2n) is 4.99. The number of nitrogens with zero attached hydrogens (tertiary/aromatic N) is 3. The van der Waals surface area contributed by atoms with E-state index in [-0.39, 0.29) is 11.2 Å². The highest BCUT2D eigenvalue weighted by molar-refractivity contribution is 8.04. The number of hydrogen-bond acceptors (Lipinski definition) is 6. The van der Waals surface area contributed by atoms with E-state index in [9.17, 15) is 4.79 Å². The molecule has 0 fully saturated rings. The largest absolute Gasteiger partial charge is 0.315 e. The summed E-state index contributed by atoms with van der Waals surface area (Å²) in [5, 5.41) is 8.60. The number of hydrogen-bond donors (Lipinski definition) is 0. The van der Waals surface area contributed by atoms with E-state index in [1.54, 1.807) is 35.0 Å². The molecule has 1 atom stereocenters. The van der Waals surface area contributed by atoms with Crippen molar-refractivity contribution in [3.8, 4) is 0 Å². The molecule has 1 heterocycles. The summed E-state index contributed by atoms with van der Waals surface area (Å²) in [4.78, 5) is 14.2. The van der Waals surface area contributed by atoms with E-state index in [2.05, 4.69) is 24.0 Å². The molecule has 0 bridgehead atoms. The topological polar surface area (TPSA) is 46.1 Å². The van der Waals surface area contributed by atoms with Crippen LogP contribution in [0.3, 0.4) is 0 Å². The van der Waals surface area contributed by atoms with Crippen molar-refractivity contribution in [1.29, 1.82) is 0 Å². The molecule has 0 saturated carbocycles. The van der Waals surface area contributed by atoms with Gasteiger partial charge in [0, 0.05) is 18.0 Å². The highest BCUT2D eigenvalue weighted by Crippen LogP contribution is 2.33. The Morgan fingerprint density at radius 1 is 1.09 bits per heavy atom. The van der Waals surface area contributed by atoms with Crippen LogP contribution in [0.15, 0.2) is 39.0 Å². The van der Waals surface area contributed by atoms with Gasteiger partial charge in [-0.05, 0) is 19.1 Å². The molecule has 0 spiro atoms. The standard InChI is InChI=1S/C15H19N3OS3/c1-10(2)20-14-16-17-15(22-14)21-11(3)13(19)18(4)12-8-6-5-7-9-12/h5-11H,1-4H3/t11-/m0/s1. The molecule has 1 amide bonds. The monoisotopic (exact) mass is 353 g/mol. The average Bonchev–Trinajstić information content (AvgIpc) is 2.92. The number of amides is 1. The first-order chi connectivity index (χ1) is 10.5. The minimum Gasteiger partial charge on any atom is -0.315 e. The van der Waals surface area contributed by atoms with Crippen molar-refractivity contribution in [3.63, 3.8) is 0 Å². The molecule has 0 N–H and O–H groups in total. The van der Waals surface area contributed by atoms with Gasteiger partial charge in [0.1, 0.15) is 0 Å². The third-order valence-electron chi connectivity index (χ3n) is 2.82. The van der Waals surface area contributed by atoms with Crippen molar-refractivity contribution in [2.24, 2.45) is 0 Å². The highest BCUT2D eigenvalue weighted by Gasteiger charge is 2.21. The van der Waals surface area contributed by atoms with Crippen LogP contribution in [-0.4, -0.2) is 33.7 Å². The van der Waals surface area contributed by atoms with Crippen LogP contribution in [0.1, 0.15) is 20.8 Å². The fourth-order valence-electron chi connectivity index (χ4n) is 1.75. The second kappa shape index (κ2) is 7.99. The Balaban J connectivity index is 1.98.